The molecule has 120 valence electrons. The summed E-state index contributed by atoms with van der Waals surface area (Å²) in [5.74, 6) is 0. The molecule has 0 spiro atoms. The van der Waals surface area contributed by atoms with Gasteiger partial charge in [0.2, 0.25) is 6.33 Å². The number of benzene rings is 3. The molecule has 0 fully saturated rings. The Kier molecular flexibility index (Phi) is 4.02. The molecule has 0 saturated carbocycles. The van der Waals surface area contributed by atoms with Gasteiger partial charge in [-0.25, -0.2) is 9.13 Å². The number of hydrogen-bond acceptors (Lipinski definition) is 1. The fraction of sp³-hybridized carbons (Fsp3) is 0.0909. The van der Waals surface area contributed by atoms with Crippen molar-refractivity contribution in [3.8, 4) is 6.07 Å². The van der Waals surface area contributed by atoms with E-state index < -0.39 is 0 Å². The second-order valence-electron chi connectivity index (χ2n) is 6.16. The highest BCUT2D eigenvalue weighted by Gasteiger charge is 2.15. The first-order valence-corrected chi connectivity index (χ1v) is 8.34. The molecule has 0 aliphatic heterocycles. The van der Waals surface area contributed by atoms with Gasteiger partial charge >= 0.3 is 0 Å². The summed E-state index contributed by atoms with van der Waals surface area (Å²) in [6.45, 7) is 1.59. The molecule has 0 aliphatic carbocycles. The summed E-state index contributed by atoms with van der Waals surface area (Å²) >= 11 is 0. The Morgan fingerprint density at radius 1 is 0.840 bits per heavy atom. The van der Waals surface area contributed by atoms with E-state index in [1.165, 1.54) is 16.6 Å². The van der Waals surface area contributed by atoms with E-state index in [0.29, 0.717) is 5.56 Å². The van der Waals surface area contributed by atoms with Gasteiger partial charge < -0.3 is 0 Å². The summed E-state index contributed by atoms with van der Waals surface area (Å²) in [6.07, 6.45) is 2.16. The van der Waals surface area contributed by atoms with Gasteiger partial charge in [0.05, 0.1) is 11.6 Å². The van der Waals surface area contributed by atoms with E-state index in [9.17, 15) is 0 Å². The van der Waals surface area contributed by atoms with Crippen LogP contribution in [-0.2, 0) is 13.1 Å². The number of nitrogens with zero attached hydrogens (tertiary/aromatic N) is 3. The van der Waals surface area contributed by atoms with Crippen LogP contribution >= 0.6 is 0 Å². The molecular weight excluding hydrogens is 306 g/mol. The zero-order chi connectivity index (χ0) is 17.1. The fourth-order valence-corrected chi connectivity index (χ4v) is 3.21. The highest BCUT2D eigenvalue weighted by molar-refractivity contribution is 5.71. The van der Waals surface area contributed by atoms with Gasteiger partial charge in [0.25, 0.3) is 0 Å². The van der Waals surface area contributed by atoms with E-state index >= 15 is 0 Å². The van der Waals surface area contributed by atoms with Crippen molar-refractivity contribution in [2.75, 3.05) is 0 Å². The van der Waals surface area contributed by atoms with E-state index in [-0.39, 0.29) is 0 Å². The van der Waals surface area contributed by atoms with Gasteiger partial charge in [-0.1, -0.05) is 54.6 Å². The Morgan fingerprint density at radius 3 is 2.44 bits per heavy atom. The average molecular weight is 324 g/mol. The molecule has 1 heterocycles. The highest BCUT2D eigenvalue weighted by atomic mass is 15.1. The topological polar surface area (TPSA) is 32.6 Å². The molecule has 0 atom stereocenters. The largest absolute Gasteiger partial charge is 0.245 e. The van der Waals surface area contributed by atoms with Crippen LogP contribution in [0.25, 0.3) is 11.0 Å². The highest BCUT2D eigenvalue weighted by Crippen LogP contribution is 2.14. The number of hydrogen-bond donors (Lipinski definition) is 0. The van der Waals surface area contributed by atoms with Crippen LogP contribution in [0.15, 0.2) is 85.2 Å². The van der Waals surface area contributed by atoms with Crippen LogP contribution in [0.3, 0.4) is 0 Å². The summed E-state index contributed by atoms with van der Waals surface area (Å²) in [7, 11) is 0. The molecule has 25 heavy (non-hydrogen) atoms. The number of rotatable bonds is 4. The monoisotopic (exact) mass is 324 g/mol. The van der Waals surface area contributed by atoms with Crippen molar-refractivity contribution >= 4 is 11.0 Å². The van der Waals surface area contributed by atoms with E-state index in [2.05, 4.69) is 76.1 Å². The van der Waals surface area contributed by atoms with Gasteiger partial charge in [-0.15, -0.1) is 0 Å². The van der Waals surface area contributed by atoms with Gasteiger partial charge in [-0.05, 0) is 35.4 Å². The maximum atomic E-state index is 9.11. The fourth-order valence-electron chi connectivity index (χ4n) is 3.21. The van der Waals surface area contributed by atoms with E-state index in [1.807, 2.05) is 24.3 Å². The predicted octanol–water partition coefficient (Wildman–Crippen LogP) is 3.90. The van der Waals surface area contributed by atoms with Gasteiger partial charge in [0, 0.05) is 0 Å². The van der Waals surface area contributed by atoms with E-state index in [4.69, 9.17) is 5.26 Å². The summed E-state index contributed by atoms with van der Waals surface area (Å²) in [5, 5.41) is 9.11. The molecule has 1 aromatic heterocycles. The van der Waals surface area contributed by atoms with Crippen molar-refractivity contribution in [1.29, 1.82) is 5.26 Å². The Balaban J connectivity index is 1.73. The smallest absolute Gasteiger partial charge is 0.226 e. The summed E-state index contributed by atoms with van der Waals surface area (Å²) < 4.78 is 4.52. The summed E-state index contributed by atoms with van der Waals surface area (Å²) in [5.41, 5.74) is 5.52. The van der Waals surface area contributed by atoms with Gasteiger partial charge in [0.15, 0.2) is 11.0 Å². The van der Waals surface area contributed by atoms with Crippen LogP contribution in [0.2, 0.25) is 0 Å². The van der Waals surface area contributed by atoms with Crippen molar-refractivity contribution in [3.05, 3.63) is 102 Å². The lowest BCUT2D eigenvalue weighted by Gasteiger charge is -1.99. The molecule has 0 unspecified atom stereocenters. The lowest BCUT2D eigenvalue weighted by atomic mass is 10.1. The first-order valence-electron chi connectivity index (χ1n) is 8.34. The lowest BCUT2D eigenvalue weighted by molar-refractivity contribution is -0.663. The molecule has 0 N–H and O–H groups in total. The van der Waals surface area contributed by atoms with Gasteiger partial charge in [0.1, 0.15) is 13.1 Å². The SMILES string of the molecule is N#Cc1cccc(C[n+]2cn(Cc3ccccc3)c3ccccc32)c1. The number of aromatic nitrogens is 2. The number of para-hydroxylation sites is 2. The zero-order valence-electron chi connectivity index (χ0n) is 13.8. The van der Waals surface area contributed by atoms with Crippen LogP contribution in [0, 0.1) is 11.3 Å². The van der Waals surface area contributed by atoms with Crippen molar-refractivity contribution in [2.24, 2.45) is 0 Å². The molecular formula is C22H18N3+. The van der Waals surface area contributed by atoms with Crippen LogP contribution in [0.1, 0.15) is 16.7 Å². The number of nitriles is 1. The number of imidazole rings is 1. The van der Waals surface area contributed by atoms with Gasteiger partial charge in [-0.3, -0.25) is 0 Å². The minimum Gasteiger partial charge on any atom is -0.226 e. The minimum atomic E-state index is 0.700. The summed E-state index contributed by atoms with van der Waals surface area (Å²) in [6, 6.07) is 28.9. The van der Waals surface area contributed by atoms with E-state index in [1.54, 1.807) is 0 Å². The van der Waals surface area contributed by atoms with Crippen LogP contribution in [0.5, 0.6) is 0 Å². The second-order valence-corrected chi connectivity index (χ2v) is 6.16. The normalized spacial score (nSPS) is 10.7. The van der Waals surface area contributed by atoms with E-state index in [0.717, 1.165) is 18.7 Å². The maximum absolute atomic E-state index is 9.11. The molecule has 3 heteroatoms. The number of fused-ring (bicyclic) bond motifs is 1. The zero-order valence-corrected chi connectivity index (χ0v) is 13.8. The second kappa shape index (κ2) is 6.62. The Labute approximate surface area is 147 Å². The predicted molar refractivity (Wildman–Crippen MR) is 97.9 cm³/mol. The third-order valence-corrected chi connectivity index (χ3v) is 4.38. The molecule has 0 saturated heterocycles. The third kappa shape index (κ3) is 3.15. The van der Waals surface area contributed by atoms with Crippen molar-refractivity contribution in [3.63, 3.8) is 0 Å². The summed E-state index contributed by atoms with van der Waals surface area (Å²) in [4.78, 5) is 0. The van der Waals surface area contributed by atoms with Crippen molar-refractivity contribution in [2.45, 2.75) is 13.1 Å². The Morgan fingerprint density at radius 2 is 1.60 bits per heavy atom. The molecule has 3 nitrogen and oxygen atoms in total. The molecule has 4 aromatic rings. The third-order valence-electron chi connectivity index (χ3n) is 4.38. The minimum absolute atomic E-state index is 0.700. The van der Waals surface area contributed by atoms with Crippen LogP contribution in [-0.4, -0.2) is 4.57 Å². The lowest BCUT2D eigenvalue weighted by Crippen LogP contribution is -2.32. The molecule has 0 bridgehead atoms. The van der Waals surface area contributed by atoms with Crippen molar-refractivity contribution in [1.82, 2.24) is 4.57 Å². The molecule has 0 amide bonds. The Bertz CT molecular complexity index is 1060. The first-order chi connectivity index (χ1) is 12.3. The molecule has 0 aliphatic rings. The standard InChI is InChI=1S/C22H18N3/c23-14-19-9-6-10-20(13-19)16-25-17-24(15-18-7-2-1-3-8-18)21-11-4-5-12-22(21)25/h1-13,17H,15-16H2/q+1. The van der Waals surface area contributed by atoms with Crippen LogP contribution in [0.4, 0.5) is 0 Å². The quantitative estimate of drug-likeness (QED) is 0.524. The molecule has 3 aromatic carbocycles. The van der Waals surface area contributed by atoms with Gasteiger partial charge in [-0.2, -0.15) is 5.26 Å². The van der Waals surface area contributed by atoms with Crippen LogP contribution < -0.4 is 4.57 Å². The van der Waals surface area contributed by atoms with Crippen molar-refractivity contribution < 1.29 is 4.57 Å². The average Bonchev–Trinajstić information content (AvgIpc) is 3.00. The Hall–Kier alpha value is -3.38. The molecule has 4 rings (SSSR count). The first kappa shape index (κ1) is 15.2. The maximum Gasteiger partial charge on any atom is 0.245 e. The molecule has 0 radical (unpaired) electrons.